The molecule has 21 heavy (non-hydrogen) atoms. The third kappa shape index (κ3) is 3.33. The standard InChI is InChI=1S/C15H26N2O3S/c1-4-15(5-2)9-10-17(12-15)21(18,19)14-8-7-13(20-14)11-16-6-3/h7-8,16H,4-6,9-12H2,1-3H3. The van der Waals surface area contributed by atoms with E-state index in [4.69, 9.17) is 4.42 Å². The van der Waals surface area contributed by atoms with Gasteiger partial charge >= 0.3 is 0 Å². The first-order chi connectivity index (χ1) is 9.97. The van der Waals surface area contributed by atoms with Gasteiger partial charge in [-0.15, -0.1) is 0 Å². The van der Waals surface area contributed by atoms with Crippen LogP contribution in [0, 0.1) is 5.41 Å². The quantitative estimate of drug-likeness (QED) is 0.840. The second-order valence-corrected chi connectivity index (χ2v) is 7.67. The van der Waals surface area contributed by atoms with E-state index in [-0.39, 0.29) is 10.5 Å². The summed E-state index contributed by atoms with van der Waals surface area (Å²) in [7, 11) is -3.50. The molecule has 0 amide bonds. The fourth-order valence-corrected chi connectivity index (χ4v) is 4.38. The van der Waals surface area contributed by atoms with Crippen LogP contribution in [0.2, 0.25) is 0 Å². The Morgan fingerprint density at radius 2 is 2.00 bits per heavy atom. The monoisotopic (exact) mass is 314 g/mol. The van der Waals surface area contributed by atoms with Gasteiger partial charge in [0.1, 0.15) is 5.76 Å². The van der Waals surface area contributed by atoms with Crippen LogP contribution in [0.1, 0.15) is 45.8 Å². The Balaban J connectivity index is 2.14. The van der Waals surface area contributed by atoms with E-state index in [0.717, 1.165) is 25.8 Å². The first-order valence-corrected chi connectivity index (χ1v) is 9.21. The van der Waals surface area contributed by atoms with E-state index in [2.05, 4.69) is 19.2 Å². The Bertz CT molecular complexity index is 561. The SMILES string of the molecule is CCNCc1ccc(S(=O)(=O)N2CCC(CC)(CC)C2)o1. The molecule has 0 aromatic carbocycles. The summed E-state index contributed by atoms with van der Waals surface area (Å²) >= 11 is 0. The molecule has 2 heterocycles. The van der Waals surface area contributed by atoms with E-state index in [1.807, 2.05) is 6.92 Å². The predicted molar refractivity (Wildman–Crippen MR) is 82.5 cm³/mol. The molecule has 0 unspecified atom stereocenters. The molecule has 0 bridgehead atoms. The average molecular weight is 314 g/mol. The lowest BCUT2D eigenvalue weighted by Gasteiger charge is -2.25. The van der Waals surface area contributed by atoms with Crippen molar-refractivity contribution in [3.05, 3.63) is 17.9 Å². The largest absolute Gasteiger partial charge is 0.447 e. The highest BCUT2D eigenvalue weighted by atomic mass is 32.2. The van der Waals surface area contributed by atoms with Gasteiger partial charge in [-0.05, 0) is 43.4 Å². The zero-order valence-electron chi connectivity index (χ0n) is 13.2. The molecule has 1 saturated heterocycles. The Hall–Kier alpha value is -0.850. The third-order valence-electron chi connectivity index (χ3n) is 4.68. The summed E-state index contributed by atoms with van der Waals surface area (Å²) in [6, 6.07) is 3.30. The van der Waals surface area contributed by atoms with Crippen molar-refractivity contribution in [2.75, 3.05) is 19.6 Å². The highest BCUT2D eigenvalue weighted by Crippen LogP contribution is 2.39. The minimum atomic E-state index is -3.50. The molecule has 0 saturated carbocycles. The number of furan rings is 1. The molecule has 0 atom stereocenters. The molecule has 1 aromatic rings. The lowest BCUT2D eigenvalue weighted by Crippen LogP contribution is -2.31. The molecule has 1 aliphatic heterocycles. The van der Waals surface area contributed by atoms with Crippen molar-refractivity contribution < 1.29 is 12.8 Å². The van der Waals surface area contributed by atoms with Crippen LogP contribution in [0.25, 0.3) is 0 Å². The second kappa shape index (κ2) is 6.50. The lowest BCUT2D eigenvalue weighted by molar-refractivity contribution is 0.277. The summed E-state index contributed by atoms with van der Waals surface area (Å²) in [5, 5.41) is 3.20. The average Bonchev–Trinajstić information content (AvgIpc) is 3.13. The zero-order valence-corrected chi connectivity index (χ0v) is 14.0. The lowest BCUT2D eigenvalue weighted by atomic mass is 9.82. The Labute approximate surface area is 127 Å². The van der Waals surface area contributed by atoms with Crippen molar-refractivity contribution in [2.45, 2.75) is 51.7 Å². The van der Waals surface area contributed by atoms with Gasteiger partial charge in [-0.2, -0.15) is 4.31 Å². The summed E-state index contributed by atoms with van der Waals surface area (Å²) in [5.41, 5.74) is 0.131. The highest BCUT2D eigenvalue weighted by Gasteiger charge is 2.41. The topological polar surface area (TPSA) is 62.6 Å². The Morgan fingerprint density at radius 1 is 1.29 bits per heavy atom. The van der Waals surface area contributed by atoms with Crippen LogP contribution in [0.15, 0.2) is 21.6 Å². The molecule has 0 aliphatic carbocycles. The minimum absolute atomic E-state index is 0.0680. The third-order valence-corrected chi connectivity index (χ3v) is 6.40. The summed E-state index contributed by atoms with van der Waals surface area (Å²) in [4.78, 5) is 0. The molecular formula is C15H26N2O3S. The first-order valence-electron chi connectivity index (χ1n) is 7.77. The Morgan fingerprint density at radius 3 is 2.57 bits per heavy atom. The van der Waals surface area contributed by atoms with Crippen LogP contribution in [0.3, 0.4) is 0 Å². The summed E-state index contributed by atoms with van der Waals surface area (Å²) < 4.78 is 32.4. The van der Waals surface area contributed by atoms with Gasteiger partial charge in [0.05, 0.1) is 6.54 Å². The van der Waals surface area contributed by atoms with E-state index in [1.54, 1.807) is 16.4 Å². The van der Waals surface area contributed by atoms with Gasteiger partial charge < -0.3 is 9.73 Å². The minimum Gasteiger partial charge on any atom is -0.447 e. The van der Waals surface area contributed by atoms with Gasteiger partial charge in [-0.25, -0.2) is 8.42 Å². The molecular weight excluding hydrogens is 288 g/mol. The molecule has 0 spiro atoms. The summed E-state index contributed by atoms with van der Waals surface area (Å²) in [6.45, 7) is 8.85. The fraction of sp³-hybridized carbons (Fsp3) is 0.733. The van der Waals surface area contributed by atoms with E-state index >= 15 is 0 Å². The maximum Gasteiger partial charge on any atom is 0.276 e. The summed E-state index contributed by atoms with van der Waals surface area (Å²) in [6.07, 6.45) is 2.96. The maximum atomic E-state index is 12.7. The molecule has 1 aromatic heterocycles. The van der Waals surface area contributed by atoms with Crippen molar-refractivity contribution in [3.8, 4) is 0 Å². The number of sulfonamides is 1. The van der Waals surface area contributed by atoms with Gasteiger partial charge in [0.25, 0.3) is 10.0 Å². The van der Waals surface area contributed by atoms with E-state index in [1.165, 1.54) is 0 Å². The molecule has 2 rings (SSSR count). The molecule has 0 radical (unpaired) electrons. The maximum absolute atomic E-state index is 12.7. The normalized spacial score (nSPS) is 19.2. The number of hydrogen-bond donors (Lipinski definition) is 1. The van der Waals surface area contributed by atoms with Crippen molar-refractivity contribution in [1.82, 2.24) is 9.62 Å². The van der Waals surface area contributed by atoms with Crippen LogP contribution >= 0.6 is 0 Å². The molecule has 6 heteroatoms. The smallest absolute Gasteiger partial charge is 0.276 e. The van der Waals surface area contributed by atoms with Crippen molar-refractivity contribution in [2.24, 2.45) is 5.41 Å². The van der Waals surface area contributed by atoms with Crippen LogP contribution in [0.4, 0.5) is 0 Å². The van der Waals surface area contributed by atoms with E-state index in [0.29, 0.717) is 25.4 Å². The van der Waals surface area contributed by atoms with Crippen LogP contribution < -0.4 is 5.32 Å². The molecule has 120 valence electrons. The van der Waals surface area contributed by atoms with E-state index < -0.39 is 10.0 Å². The van der Waals surface area contributed by atoms with Crippen molar-refractivity contribution >= 4 is 10.0 Å². The number of nitrogens with zero attached hydrogens (tertiary/aromatic N) is 1. The van der Waals surface area contributed by atoms with Crippen LogP contribution in [-0.4, -0.2) is 32.4 Å². The van der Waals surface area contributed by atoms with Crippen molar-refractivity contribution in [3.63, 3.8) is 0 Å². The summed E-state index contributed by atoms with van der Waals surface area (Å²) in [5.74, 6) is 0.659. The van der Waals surface area contributed by atoms with Crippen LogP contribution in [-0.2, 0) is 16.6 Å². The van der Waals surface area contributed by atoms with Gasteiger partial charge in [-0.1, -0.05) is 20.8 Å². The van der Waals surface area contributed by atoms with Gasteiger partial charge in [-0.3, -0.25) is 0 Å². The number of nitrogens with one attached hydrogen (secondary N) is 1. The molecule has 5 nitrogen and oxygen atoms in total. The zero-order chi connectivity index (χ0) is 15.5. The second-order valence-electron chi connectivity index (χ2n) is 5.80. The predicted octanol–water partition coefficient (Wildman–Crippen LogP) is 2.59. The van der Waals surface area contributed by atoms with Crippen molar-refractivity contribution in [1.29, 1.82) is 0 Å². The van der Waals surface area contributed by atoms with E-state index in [9.17, 15) is 8.42 Å². The fourth-order valence-electron chi connectivity index (χ4n) is 2.89. The highest BCUT2D eigenvalue weighted by molar-refractivity contribution is 7.89. The number of rotatable bonds is 7. The molecule has 1 fully saturated rings. The Kier molecular flexibility index (Phi) is 5.11. The van der Waals surface area contributed by atoms with Gasteiger partial charge in [0.15, 0.2) is 0 Å². The molecule has 1 aliphatic rings. The van der Waals surface area contributed by atoms with Crippen LogP contribution in [0.5, 0.6) is 0 Å². The first kappa shape index (κ1) is 16.5. The van der Waals surface area contributed by atoms with Gasteiger partial charge in [0.2, 0.25) is 5.09 Å². The molecule has 1 N–H and O–H groups in total. The number of hydrogen-bond acceptors (Lipinski definition) is 4. The van der Waals surface area contributed by atoms with Gasteiger partial charge in [0, 0.05) is 13.1 Å².